The van der Waals surface area contributed by atoms with Crippen LogP contribution in [0.5, 0.6) is 0 Å². The van der Waals surface area contributed by atoms with E-state index in [1.165, 1.54) is 24.0 Å². The van der Waals surface area contributed by atoms with Crippen molar-refractivity contribution in [1.82, 2.24) is 5.32 Å². The van der Waals surface area contributed by atoms with Crippen LogP contribution in [-0.4, -0.2) is 6.04 Å². The SMILES string of the molecule is C#CC(CCC)NC1CCC(C)c2ccccc21. The van der Waals surface area contributed by atoms with E-state index < -0.39 is 0 Å². The summed E-state index contributed by atoms with van der Waals surface area (Å²) in [5, 5.41) is 3.65. The summed E-state index contributed by atoms with van der Waals surface area (Å²) < 4.78 is 0. The van der Waals surface area contributed by atoms with E-state index in [2.05, 4.69) is 49.4 Å². The number of benzene rings is 1. The number of nitrogens with one attached hydrogen (secondary N) is 1. The maximum Gasteiger partial charge on any atom is 0.0691 e. The van der Waals surface area contributed by atoms with Gasteiger partial charge in [0.15, 0.2) is 0 Å². The molecule has 0 heterocycles. The van der Waals surface area contributed by atoms with E-state index in [0.717, 1.165) is 12.8 Å². The van der Waals surface area contributed by atoms with Crippen molar-refractivity contribution in [3.05, 3.63) is 35.4 Å². The number of fused-ring (bicyclic) bond motifs is 1. The van der Waals surface area contributed by atoms with Gasteiger partial charge in [-0.05, 0) is 36.3 Å². The van der Waals surface area contributed by atoms with Gasteiger partial charge in [0.05, 0.1) is 6.04 Å². The van der Waals surface area contributed by atoms with Gasteiger partial charge in [-0.1, -0.05) is 50.5 Å². The van der Waals surface area contributed by atoms with Crippen LogP contribution in [-0.2, 0) is 0 Å². The minimum atomic E-state index is 0.210. The monoisotopic (exact) mass is 241 g/mol. The van der Waals surface area contributed by atoms with Crippen LogP contribution in [0, 0.1) is 12.3 Å². The zero-order valence-corrected chi connectivity index (χ0v) is 11.4. The van der Waals surface area contributed by atoms with Gasteiger partial charge in [-0.25, -0.2) is 0 Å². The second-order valence-electron chi connectivity index (χ2n) is 5.33. The largest absolute Gasteiger partial charge is 0.297 e. The first-order valence-corrected chi connectivity index (χ1v) is 7.07. The van der Waals surface area contributed by atoms with Crippen LogP contribution in [0.25, 0.3) is 0 Å². The molecular weight excluding hydrogens is 218 g/mol. The quantitative estimate of drug-likeness (QED) is 0.785. The molecule has 1 nitrogen and oxygen atoms in total. The summed E-state index contributed by atoms with van der Waals surface area (Å²) in [5.74, 6) is 3.56. The highest BCUT2D eigenvalue weighted by Gasteiger charge is 2.25. The summed E-state index contributed by atoms with van der Waals surface area (Å²) in [6, 6.07) is 9.44. The highest BCUT2D eigenvalue weighted by atomic mass is 14.9. The third-order valence-corrected chi connectivity index (χ3v) is 3.97. The molecule has 1 aliphatic carbocycles. The Hall–Kier alpha value is -1.26. The summed E-state index contributed by atoms with van der Waals surface area (Å²) in [6.07, 6.45) is 10.2. The van der Waals surface area contributed by atoms with Gasteiger partial charge >= 0.3 is 0 Å². The number of hydrogen-bond acceptors (Lipinski definition) is 1. The molecule has 18 heavy (non-hydrogen) atoms. The van der Waals surface area contributed by atoms with Crippen molar-refractivity contribution in [2.75, 3.05) is 0 Å². The fraction of sp³-hybridized carbons (Fsp3) is 0.529. The Bertz CT molecular complexity index is 429. The minimum absolute atomic E-state index is 0.210. The van der Waals surface area contributed by atoms with Crippen molar-refractivity contribution < 1.29 is 0 Å². The van der Waals surface area contributed by atoms with Crippen molar-refractivity contribution >= 4 is 0 Å². The molecule has 1 aliphatic rings. The van der Waals surface area contributed by atoms with Gasteiger partial charge in [0, 0.05) is 6.04 Å². The molecule has 3 unspecified atom stereocenters. The van der Waals surface area contributed by atoms with Gasteiger partial charge in [0.2, 0.25) is 0 Å². The third kappa shape index (κ3) is 2.76. The van der Waals surface area contributed by atoms with Gasteiger partial charge in [-0.3, -0.25) is 5.32 Å². The lowest BCUT2D eigenvalue weighted by atomic mass is 9.81. The average molecular weight is 241 g/mol. The lowest BCUT2D eigenvalue weighted by molar-refractivity contribution is 0.401. The third-order valence-electron chi connectivity index (χ3n) is 3.97. The topological polar surface area (TPSA) is 12.0 Å². The fourth-order valence-electron chi connectivity index (χ4n) is 2.92. The predicted octanol–water partition coefficient (Wildman–Crippen LogP) is 4.02. The van der Waals surface area contributed by atoms with Crippen LogP contribution in [0.2, 0.25) is 0 Å². The highest BCUT2D eigenvalue weighted by Crippen LogP contribution is 2.37. The molecule has 0 aromatic heterocycles. The van der Waals surface area contributed by atoms with Crippen molar-refractivity contribution in [3.8, 4) is 12.3 Å². The molecule has 0 fully saturated rings. The van der Waals surface area contributed by atoms with E-state index in [9.17, 15) is 0 Å². The maximum atomic E-state index is 5.61. The molecule has 3 atom stereocenters. The molecule has 96 valence electrons. The standard InChI is InChI=1S/C17H23N/c1-4-8-14(5-2)18-17-12-11-13(3)15-9-6-7-10-16(15)17/h2,6-7,9-10,13-14,17-18H,4,8,11-12H2,1,3H3. The lowest BCUT2D eigenvalue weighted by Crippen LogP contribution is -2.34. The zero-order chi connectivity index (χ0) is 13.0. The number of terminal acetylenes is 1. The van der Waals surface area contributed by atoms with Crippen molar-refractivity contribution in [3.63, 3.8) is 0 Å². The first kappa shape index (κ1) is 13.2. The van der Waals surface area contributed by atoms with E-state index in [1.54, 1.807) is 0 Å². The zero-order valence-electron chi connectivity index (χ0n) is 11.4. The number of rotatable bonds is 4. The number of hydrogen-bond donors (Lipinski definition) is 1. The molecule has 1 heteroatoms. The summed E-state index contributed by atoms with van der Waals surface area (Å²) in [6.45, 7) is 4.50. The Morgan fingerprint density at radius 1 is 1.33 bits per heavy atom. The summed E-state index contributed by atoms with van der Waals surface area (Å²) >= 11 is 0. The van der Waals surface area contributed by atoms with Crippen LogP contribution in [0.3, 0.4) is 0 Å². The molecule has 0 bridgehead atoms. The first-order valence-electron chi connectivity index (χ1n) is 7.07. The highest BCUT2D eigenvalue weighted by molar-refractivity contribution is 5.35. The van der Waals surface area contributed by atoms with Crippen molar-refractivity contribution in [1.29, 1.82) is 0 Å². The van der Waals surface area contributed by atoms with Crippen molar-refractivity contribution in [2.24, 2.45) is 0 Å². The molecule has 0 aliphatic heterocycles. The lowest BCUT2D eigenvalue weighted by Gasteiger charge is -2.32. The molecular formula is C17H23N. The summed E-state index contributed by atoms with van der Waals surface area (Å²) in [5.41, 5.74) is 2.95. The summed E-state index contributed by atoms with van der Waals surface area (Å²) in [4.78, 5) is 0. The molecule has 1 N–H and O–H groups in total. The fourth-order valence-corrected chi connectivity index (χ4v) is 2.92. The van der Waals surface area contributed by atoms with E-state index >= 15 is 0 Å². The van der Waals surface area contributed by atoms with E-state index in [0.29, 0.717) is 12.0 Å². The Labute approximate surface area is 111 Å². The van der Waals surface area contributed by atoms with E-state index in [-0.39, 0.29) is 6.04 Å². The predicted molar refractivity (Wildman–Crippen MR) is 77.5 cm³/mol. The van der Waals surface area contributed by atoms with Crippen LogP contribution >= 0.6 is 0 Å². The smallest absolute Gasteiger partial charge is 0.0691 e. The van der Waals surface area contributed by atoms with Crippen LogP contribution in [0.15, 0.2) is 24.3 Å². The second kappa shape index (κ2) is 6.07. The molecule has 0 saturated heterocycles. The van der Waals surface area contributed by atoms with Gasteiger partial charge in [-0.15, -0.1) is 6.42 Å². The normalized spacial score (nSPS) is 24.1. The van der Waals surface area contributed by atoms with Crippen LogP contribution < -0.4 is 5.32 Å². The van der Waals surface area contributed by atoms with Crippen molar-refractivity contribution in [2.45, 2.75) is 57.5 Å². The van der Waals surface area contributed by atoms with Crippen LogP contribution in [0.4, 0.5) is 0 Å². The Balaban J connectivity index is 2.16. The van der Waals surface area contributed by atoms with Gasteiger partial charge in [0.25, 0.3) is 0 Å². The Morgan fingerprint density at radius 3 is 2.72 bits per heavy atom. The Morgan fingerprint density at radius 2 is 2.06 bits per heavy atom. The Kier molecular flexibility index (Phi) is 4.44. The molecule has 0 radical (unpaired) electrons. The van der Waals surface area contributed by atoms with E-state index in [1.807, 2.05) is 0 Å². The molecule has 0 saturated carbocycles. The molecule has 2 rings (SSSR count). The molecule has 1 aromatic carbocycles. The average Bonchev–Trinajstić information content (AvgIpc) is 2.41. The molecule has 1 aromatic rings. The van der Waals surface area contributed by atoms with Gasteiger partial charge in [0.1, 0.15) is 0 Å². The first-order chi connectivity index (χ1) is 8.76. The van der Waals surface area contributed by atoms with Gasteiger partial charge in [-0.2, -0.15) is 0 Å². The second-order valence-corrected chi connectivity index (χ2v) is 5.33. The van der Waals surface area contributed by atoms with E-state index in [4.69, 9.17) is 6.42 Å². The molecule has 0 spiro atoms. The maximum absolute atomic E-state index is 5.61. The molecule has 0 amide bonds. The van der Waals surface area contributed by atoms with Gasteiger partial charge < -0.3 is 0 Å². The minimum Gasteiger partial charge on any atom is -0.297 e. The summed E-state index contributed by atoms with van der Waals surface area (Å²) in [7, 11) is 0. The van der Waals surface area contributed by atoms with Crippen LogP contribution in [0.1, 0.15) is 62.6 Å².